The first-order chi connectivity index (χ1) is 10.2. The Morgan fingerprint density at radius 1 is 1.14 bits per heavy atom. The molecule has 120 valence electrons. The van der Waals surface area contributed by atoms with Crippen molar-refractivity contribution in [3.63, 3.8) is 0 Å². The van der Waals surface area contributed by atoms with Gasteiger partial charge in [-0.1, -0.05) is 13.3 Å². The summed E-state index contributed by atoms with van der Waals surface area (Å²) in [5, 5.41) is 0. The molecule has 0 bridgehead atoms. The fraction of sp³-hybridized carbons (Fsp3) is 0.944. The third kappa shape index (κ3) is 2.86. The van der Waals surface area contributed by atoms with Crippen LogP contribution >= 0.6 is 0 Å². The minimum atomic E-state index is 0.310. The number of amides is 1. The Kier molecular flexibility index (Phi) is 4.58. The molecule has 2 saturated heterocycles. The average Bonchev–Trinajstić information content (AvgIpc) is 2.84. The van der Waals surface area contributed by atoms with Crippen molar-refractivity contribution in [2.45, 2.75) is 71.3 Å². The molecule has 1 spiro atoms. The van der Waals surface area contributed by atoms with Gasteiger partial charge in [-0.15, -0.1) is 0 Å². The van der Waals surface area contributed by atoms with Crippen molar-refractivity contribution in [1.82, 2.24) is 4.90 Å². The maximum Gasteiger partial charge on any atom is 0.225 e. The van der Waals surface area contributed by atoms with Crippen LogP contribution in [0.1, 0.15) is 65.2 Å². The van der Waals surface area contributed by atoms with Crippen molar-refractivity contribution in [1.29, 1.82) is 0 Å². The molecular weight excluding hydrogens is 262 g/mol. The van der Waals surface area contributed by atoms with E-state index >= 15 is 0 Å². The molecule has 0 unspecified atom stereocenters. The van der Waals surface area contributed by atoms with Crippen LogP contribution in [0.4, 0.5) is 0 Å². The lowest BCUT2D eigenvalue weighted by atomic mass is 9.74. The maximum atomic E-state index is 12.9. The third-order valence-corrected chi connectivity index (χ3v) is 6.75. The largest absolute Gasteiger partial charge is 0.381 e. The number of carbonyl (C=O) groups is 1. The SMILES string of the molecule is CCC1CCC(C(=O)N2CCC3(CCOCC3)[C@H]2C)CC1. The first kappa shape index (κ1) is 15.3. The van der Waals surface area contributed by atoms with Gasteiger partial charge in [0.05, 0.1) is 0 Å². The van der Waals surface area contributed by atoms with Gasteiger partial charge in [-0.05, 0) is 63.2 Å². The highest BCUT2D eigenvalue weighted by Crippen LogP contribution is 2.46. The van der Waals surface area contributed by atoms with Crippen molar-refractivity contribution in [2.24, 2.45) is 17.3 Å². The summed E-state index contributed by atoms with van der Waals surface area (Å²) in [5.41, 5.74) is 0.356. The molecular formula is C18H31NO2. The molecule has 1 aliphatic carbocycles. The molecule has 3 fully saturated rings. The second-order valence-electron chi connectivity index (χ2n) is 7.56. The second kappa shape index (κ2) is 6.28. The van der Waals surface area contributed by atoms with E-state index in [0.717, 1.165) is 51.4 Å². The maximum absolute atomic E-state index is 12.9. The Labute approximate surface area is 129 Å². The fourth-order valence-electron chi connectivity index (χ4n) is 4.88. The molecule has 3 aliphatic rings. The Bertz CT molecular complexity index is 367. The van der Waals surface area contributed by atoms with E-state index in [0.29, 0.717) is 23.3 Å². The third-order valence-electron chi connectivity index (χ3n) is 6.75. The van der Waals surface area contributed by atoms with Gasteiger partial charge in [0.1, 0.15) is 0 Å². The Hall–Kier alpha value is -0.570. The summed E-state index contributed by atoms with van der Waals surface area (Å²) in [5.74, 6) is 1.64. The highest BCUT2D eigenvalue weighted by molar-refractivity contribution is 5.79. The van der Waals surface area contributed by atoms with Crippen LogP contribution in [0.3, 0.4) is 0 Å². The van der Waals surface area contributed by atoms with E-state index in [1.54, 1.807) is 0 Å². The van der Waals surface area contributed by atoms with Gasteiger partial charge >= 0.3 is 0 Å². The molecule has 1 amide bonds. The molecule has 3 rings (SSSR count). The topological polar surface area (TPSA) is 29.5 Å². The summed E-state index contributed by atoms with van der Waals surface area (Å²) < 4.78 is 5.54. The quantitative estimate of drug-likeness (QED) is 0.778. The fourth-order valence-corrected chi connectivity index (χ4v) is 4.88. The summed E-state index contributed by atoms with van der Waals surface area (Å²) in [4.78, 5) is 15.2. The molecule has 0 aromatic carbocycles. The van der Waals surface area contributed by atoms with Crippen LogP contribution in [-0.2, 0) is 9.53 Å². The van der Waals surface area contributed by atoms with Gasteiger partial charge in [0.15, 0.2) is 0 Å². The number of hydrogen-bond acceptors (Lipinski definition) is 2. The average molecular weight is 293 g/mol. The van der Waals surface area contributed by atoms with Crippen LogP contribution in [0, 0.1) is 17.3 Å². The molecule has 21 heavy (non-hydrogen) atoms. The van der Waals surface area contributed by atoms with Crippen LogP contribution in [0.2, 0.25) is 0 Å². The Balaban J connectivity index is 1.61. The van der Waals surface area contributed by atoms with Crippen molar-refractivity contribution in [3.8, 4) is 0 Å². The van der Waals surface area contributed by atoms with E-state index < -0.39 is 0 Å². The molecule has 0 N–H and O–H groups in total. The lowest BCUT2D eigenvalue weighted by Gasteiger charge is -2.40. The highest BCUT2D eigenvalue weighted by atomic mass is 16.5. The number of carbonyl (C=O) groups excluding carboxylic acids is 1. The van der Waals surface area contributed by atoms with Gasteiger partial charge in [0, 0.05) is 31.7 Å². The van der Waals surface area contributed by atoms with Gasteiger partial charge in [0.25, 0.3) is 0 Å². The number of nitrogens with zero attached hydrogens (tertiary/aromatic N) is 1. The van der Waals surface area contributed by atoms with E-state index in [2.05, 4.69) is 18.7 Å². The van der Waals surface area contributed by atoms with Crippen LogP contribution in [0.15, 0.2) is 0 Å². The van der Waals surface area contributed by atoms with Crippen LogP contribution < -0.4 is 0 Å². The Morgan fingerprint density at radius 2 is 1.81 bits per heavy atom. The van der Waals surface area contributed by atoms with Gasteiger partial charge < -0.3 is 9.64 Å². The van der Waals surface area contributed by atoms with E-state index in [1.807, 2.05) is 0 Å². The van der Waals surface area contributed by atoms with Crippen LogP contribution in [0.25, 0.3) is 0 Å². The minimum absolute atomic E-state index is 0.310. The van der Waals surface area contributed by atoms with Crippen molar-refractivity contribution in [3.05, 3.63) is 0 Å². The summed E-state index contributed by atoms with van der Waals surface area (Å²) in [6, 6.07) is 0.415. The monoisotopic (exact) mass is 293 g/mol. The summed E-state index contributed by atoms with van der Waals surface area (Å²) in [7, 11) is 0. The molecule has 3 heteroatoms. The molecule has 2 aliphatic heterocycles. The lowest BCUT2D eigenvalue weighted by Crippen LogP contribution is -2.45. The number of rotatable bonds is 2. The summed E-state index contributed by atoms with van der Waals surface area (Å²) in [6.45, 7) is 7.31. The molecule has 0 aromatic heterocycles. The molecule has 2 heterocycles. The second-order valence-corrected chi connectivity index (χ2v) is 7.56. The summed E-state index contributed by atoms with van der Waals surface area (Å²) in [6.07, 6.45) is 9.51. The van der Waals surface area contributed by atoms with E-state index in [1.165, 1.54) is 25.7 Å². The standard InChI is InChI=1S/C18H31NO2/c1-3-15-4-6-16(7-5-15)17(20)19-11-8-18(14(19)2)9-12-21-13-10-18/h14-16H,3-13H2,1-2H3/t14-,15?,16?/m1/s1. The Morgan fingerprint density at radius 3 is 2.43 bits per heavy atom. The van der Waals surface area contributed by atoms with Gasteiger partial charge in [-0.2, -0.15) is 0 Å². The first-order valence-corrected chi connectivity index (χ1v) is 9.04. The zero-order valence-corrected chi connectivity index (χ0v) is 13.8. The van der Waals surface area contributed by atoms with Crippen LogP contribution in [-0.4, -0.2) is 36.6 Å². The van der Waals surface area contributed by atoms with E-state index in [4.69, 9.17) is 4.74 Å². The predicted molar refractivity (Wildman–Crippen MR) is 84.0 cm³/mol. The smallest absolute Gasteiger partial charge is 0.225 e. The molecule has 0 aromatic rings. The zero-order chi connectivity index (χ0) is 14.9. The van der Waals surface area contributed by atoms with Gasteiger partial charge in [-0.3, -0.25) is 4.79 Å². The van der Waals surface area contributed by atoms with Crippen LogP contribution in [0.5, 0.6) is 0 Å². The van der Waals surface area contributed by atoms with Gasteiger partial charge in [0.2, 0.25) is 5.91 Å². The lowest BCUT2D eigenvalue weighted by molar-refractivity contribution is -0.139. The van der Waals surface area contributed by atoms with Crippen molar-refractivity contribution in [2.75, 3.05) is 19.8 Å². The predicted octanol–water partition coefficient (Wildman–Crippen LogP) is 3.62. The van der Waals surface area contributed by atoms with Crippen molar-refractivity contribution >= 4 is 5.91 Å². The number of likely N-dealkylation sites (tertiary alicyclic amines) is 1. The first-order valence-electron chi connectivity index (χ1n) is 9.04. The molecule has 1 saturated carbocycles. The zero-order valence-electron chi connectivity index (χ0n) is 13.8. The summed E-state index contributed by atoms with van der Waals surface area (Å²) >= 11 is 0. The normalized spacial score (nSPS) is 36.1. The molecule has 0 radical (unpaired) electrons. The van der Waals surface area contributed by atoms with E-state index in [-0.39, 0.29) is 0 Å². The van der Waals surface area contributed by atoms with E-state index in [9.17, 15) is 4.79 Å². The molecule has 1 atom stereocenters. The molecule has 3 nitrogen and oxygen atoms in total. The van der Waals surface area contributed by atoms with Gasteiger partial charge in [-0.25, -0.2) is 0 Å². The number of ether oxygens (including phenoxy) is 1. The minimum Gasteiger partial charge on any atom is -0.381 e. The van der Waals surface area contributed by atoms with Crippen molar-refractivity contribution < 1.29 is 9.53 Å². The highest BCUT2D eigenvalue weighted by Gasteiger charge is 2.48. The number of hydrogen-bond donors (Lipinski definition) is 0.